The van der Waals surface area contributed by atoms with E-state index >= 15 is 0 Å². The molecule has 0 bridgehead atoms. The lowest BCUT2D eigenvalue weighted by Gasteiger charge is -2.07. The first-order valence-electron chi connectivity index (χ1n) is 3.22. The van der Waals surface area contributed by atoms with Crippen molar-refractivity contribution in [2.75, 3.05) is 0 Å². The minimum absolute atomic E-state index is 0.215. The van der Waals surface area contributed by atoms with Crippen molar-refractivity contribution in [3.63, 3.8) is 0 Å². The zero-order valence-corrected chi connectivity index (χ0v) is 5.78. The van der Waals surface area contributed by atoms with Gasteiger partial charge in [-0.05, 0) is 6.08 Å². The van der Waals surface area contributed by atoms with E-state index in [1.165, 1.54) is 6.92 Å². The van der Waals surface area contributed by atoms with Crippen LogP contribution >= 0.6 is 0 Å². The summed E-state index contributed by atoms with van der Waals surface area (Å²) in [6.45, 7) is 1.36. The molecule has 2 atom stereocenters. The number of hydrogen-bond acceptors (Lipinski definition) is 3. The molecule has 1 aliphatic rings. The Bertz CT molecular complexity index is 162. The van der Waals surface area contributed by atoms with Crippen molar-refractivity contribution >= 4 is 5.97 Å². The van der Waals surface area contributed by atoms with Crippen LogP contribution in [0.2, 0.25) is 0 Å². The number of hydrogen-bond donors (Lipinski definition) is 1. The molecular weight excluding hydrogens is 132 g/mol. The molecule has 0 radical (unpaired) electrons. The summed E-state index contributed by atoms with van der Waals surface area (Å²) in [5.74, 6) is -0.302. The molecule has 3 heteroatoms. The quantitative estimate of drug-likeness (QED) is 0.421. The zero-order chi connectivity index (χ0) is 7.56. The van der Waals surface area contributed by atoms with Crippen molar-refractivity contribution in [2.45, 2.75) is 25.6 Å². The maximum Gasteiger partial charge on any atom is 0.303 e. The monoisotopic (exact) mass is 142 g/mol. The van der Waals surface area contributed by atoms with Gasteiger partial charge in [0.25, 0.3) is 0 Å². The van der Waals surface area contributed by atoms with Gasteiger partial charge in [0.15, 0.2) is 0 Å². The number of ether oxygens (including phenoxy) is 1. The Kier molecular flexibility index (Phi) is 2.06. The molecule has 1 rings (SSSR count). The number of carbonyl (C=O) groups excluding carboxylic acids is 1. The van der Waals surface area contributed by atoms with Gasteiger partial charge in [-0.1, -0.05) is 6.08 Å². The van der Waals surface area contributed by atoms with E-state index < -0.39 is 6.10 Å². The maximum atomic E-state index is 10.4. The molecule has 0 heterocycles. The molecule has 0 saturated carbocycles. The summed E-state index contributed by atoms with van der Waals surface area (Å²) in [6.07, 6.45) is 3.18. The molecule has 0 amide bonds. The fourth-order valence-electron chi connectivity index (χ4n) is 0.948. The van der Waals surface area contributed by atoms with Gasteiger partial charge in [-0.25, -0.2) is 0 Å². The van der Waals surface area contributed by atoms with E-state index in [9.17, 15) is 4.79 Å². The summed E-state index contributed by atoms with van der Waals surface area (Å²) in [7, 11) is 0. The molecule has 0 fully saturated rings. The summed E-state index contributed by atoms with van der Waals surface area (Å²) in [4.78, 5) is 10.4. The first kappa shape index (κ1) is 7.28. The average molecular weight is 142 g/mol. The van der Waals surface area contributed by atoms with Gasteiger partial charge in [-0.3, -0.25) is 4.79 Å². The number of rotatable bonds is 1. The highest BCUT2D eigenvalue weighted by Crippen LogP contribution is 2.13. The van der Waals surface area contributed by atoms with E-state index in [4.69, 9.17) is 9.84 Å². The van der Waals surface area contributed by atoms with Crippen LogP contribution in [0.5, 0.6) is 0 Å². The lowest BCUT2D eigenvalue weighted by atomic mass is 10.3. The maximum absolute atomic E-state index is 10.4. The Labute approximate surface area is 59.3 Å². The molecule has 3 nitrogen and oxygen atoms in total. The molecule has 1 aliphatic carbocycles. The molecule has 0 saturated heterocycles. The van der Waals surface area contributed by atoms with Crippen molar-refractivity contribution < 1.29 is 14.6 Å². The Morgan fingerprint density at radius 1 is 1.70 bits per heavy atom. The predicted molar refractivity (Wildman–Crippen MR) is 35.3 cm³/mol. The van der Waals surface area contributed by atoms with Crippen molar-refractivity contribution in [1.82, 2.24) is 0 Å². The molecular formula is C7H10O3. The van der Waals surface area contributed by atoms with E-state index in [1.807, 2.05) is 0 Å². The fraction of sp³-hybridized carbons (Fsp3) is 0.571. The second-order valence-corrected chi connectivity index (χ2v) is 2.34. The van der Waals surface area contributed by atoms with Crippen LogP contribution in [0.3, 0.4) is 0 Å². The van der Waals surface area contributed by atoms with Crippen LogP contribution in [0, 0.1) is 0 Å². The molecule has 10 heavy (non-hydrogen) atoms. The largest absolute Gasteiger partial charge is 0.458 e. The van der Waals surface area contributed by atoms with E-state index in [2.05, 4.69) is 0 Å². The first-order chi connectivity index (χ1) is 4.68. The van der Waals surface area contributed by atoms with E-state index in [1.54, 1.807) is 12.2 Å². The minimum atomic E-state index is -0.440. The Morgan fingerprint density at radius 3 is 2.80 bits per heavy atom. The number of carbonyl (C=O) groups is 1. The highest BCUT2D eigenvalue weighted by molar-refractivity contribution is 5.66. The first-order valence-corrected chi connectivity index (χ1v) is 3.22. The molecule has 0 aromatic heterocycles. The van der Waals surface area contributed by atoms with Crippen LogP contribution in [-0.2, 0) is 9.53 Å². The van der Waals surface area contributed by atoms with Gasteiger partial charge in [0.2, 0.25) is 0 Å². The topological polar surface area (TPSA) is 46.5 Å². The minimum Gasteiger partial charge on any atom is -0.458 e. The summed E-state index contributed by atoms with van der Waals surface area (Å²) in [5.41, 5.74) is 0. The lowest BCUT2D eigenvalue weighted by Crippen LogP contribution is -2.13. The standard InChI is InChI=1S/C7H10O3/c1-5(8)10-7-3-2-6(9)4-7/h2-3,6-7,9H,4H2,1H3/t6-,7?/m1/s1. The van der Waals surface area contributed by atoms with Gasteiger partial charge < -0.3 is 9.84 Å². The van der Waals surface area contributed by atoms with E-state index in [0.717, 1.165) is 0 Å². The van der Waals surface area contributed by atoms with Crippen LogP contribution in [-0.4, -0.2) is 23.3 Å². The van der Waals surface area contributed by atoms with Crippen molar-refractivity contribution in [1.29, 1.82) is 0 Å². The molecule has 0 aromatic rings. The molecule has 1 unspecified atom stereocenters. The number of aliphatic hydroxyl groups is 1. The summed E-state index contributed by atoms with van der Waals surface area (Å²) in [6, 6.07) is 0. The van der Waals surface area contributed by atoms with Crippen LogP contribution in [0.25, 0.3) is 0 Å². The van der Waals surface area contributed by atoms with Crippen LogP contribution in [0.4, 0.5) is 0 Å². The SMILES string of the molecule is CC(=O)OC1C=C[C@@H](O)C1. The highest BCUT2D eigenvalue weighted by Gasteiger charge is 2.18. The second-order valence-electron chi connectivity index (χ2n) is 2.34. The van der Waals surface area contributed by atoms with Crippen LogP contribution in [0.15, 0.2) is 12.2 Å². The zero-order valence-electron chi connectivity index (χ0n) is 5.78. The third kappa shape index (κ3) is 1.84. The number of aliphatic hydroxyl groups excluding tert-OH is 1. The van der Waals surface area contributed by atoms with Gasteiger partial charge in [0, 0.05) is 13.3 Å². The van der Waals surface area contributed by atoms with E-state index in [-0.39, 0.29) is 12.1 Å². The van der Waals surface area contributed by atoms with Gasteiger partial charge in [0.1, 0.15) is 6.10 Å². The number of esters is 1. The molecule has 56 valence electrons. The third-order valence-corrected chi connectivity index (χ3v) is 1.34. The van der Waals surface area contributed by atoms with Gasteiger partial charge >= 0.3 is 5.97 Å². The van der Waals surface area contributed by atoms with Crippen molar-refractivity contribution in [3.05, 3.63) is 12.2 Å². The molecule has 1 N–H and O–H groups in total. The van der Waals surface area contributed by atoms with Crippen LogP contribution < -0.4 is 0 Å². The van der Waals surface area contributed by atoms with E-state index in [0.29, 0.717) is 6.42 Å². The normalized spacial score (nSPS) is 30.6. The second kappa shape index (κ2) is 2.84. The van der Waals surface area contributed by atoms with Crippen LogP contribution in [0.1, 0.15) is 13.3 Å². The molecule has 0 aliphatic heterocycles. The average Bonchev–Trinajstić information content (AvgIpc) is 2.13. The summed E-state index contributed by atoms with van der Waals surface area (Å²) in [5, 5.41) is 8.93. The lowest BCUT2D eigenvalue weighted by molar-refractivity contribution is -0.144. The Morgan fingerprint density at radius 2 is 2.40 bits per heavy atom. The van der Waals surface area contributed by atoms with Crippen molar-refractivity contribution in [3.8, 4) is 0 Å². The fourth-order valence-corrected chi connectivity index (χ4v) is 0.948. The summed E-state index contributed by atoms with van der Waals surface area (Å²) < 4.78 is 4.80. The smallest absolute Gasteiger partial charge is 0.303 e. The summed E-state index contributed by atoms with van der Waals surface area (Å²) >= 11 is 0. The Hall–Kier alpha value is -0.830. The van der Waals surface area contributed by atoms with Gasteiger partial charge in [0.05, 0.1) is 6.10 Å². The highest BCUT2D eigenvalue weighted by atomic mass is 16.5. The molecule has 0 aromatic carbocycles. The molecule has 0 spiro atoms. The third-order valence-electron chi connectivity index (χ3n) is 1.34. The van der Waals surface area contributed by atoms with Gasteiger partial charge in [-0.2, -0.15) is 0 Å². The predicted octanol–water partition coefficient (Wildman–Crippen LogP) is 0.239. The van der Waals surface area contributed by atoms with Crippen molar-refractivity contribution in [2.24, 2.45) is 0 Å². The van der Waals surface area contributed by atoms with Gasteiger partial charge in [-0.15, -0.1) is 0 Å². The Balaban J connectivity index is 2.33.